The monoisotopic (exact) mass is 227 g/mol. The summed E-state index contributed by atoms with van der Waals surface area (Å²) in [5, 5.41) is 0. The van der Waals surface area contributed by atoms with Crippen LogP contribution in [0.3, 0.4) is 0 Å². The number of rotatable bonds is 3. The molecule has 0 heterocycles. The van der Waals surface area contributed by atoms with Crippen LogP contribution in [-0.4, -0.2) is 32.7 Å². The highest BCUT2D eigenvalue weighted by atomic mass is 31.2. The van der Waals surface area contributed by atoms with Gasteiger partial charge in [0.05, 0.1) is 0 Å². The van der Waals surface area contributed by atoms with Crippen LogP contribution < -0.4 is 11.5 Å². The van der Waals surface area contributed by atoms with Gasteiger partial charge in [0.2, 0.25) is 0 Å². The minimum atomic E-state index is -4.64. The first-order valence-electron chi connectivity index (χ1n) is 3.96. The number of hydrogen-bond donors (Lipinski definition) is 5. The van der Waals surface area contributed by atoms with Crippen molar-refractivity contribution in [1.82, 2.24) is 4.90 Å². The van der Waals surface area contributed by atoms with Crippen LogP contribution in [0.5, 0.6) is 0 Å². The SMILES string of the molecule is CCN(CC)/C(N)=C/N.O=P(O)(O)O. The van der Waals surface area contributed by atoms with E-state index >= 15 is 0 Å². The van der Waals surface area contributed by atoms with Crippen molar-refractivity contribution in [2.75, 3.05) is 13.1 Å². The average Bonchev–Trinajstić information content (AvgIpc) is 2.03. The van der Waals surface area contributed by atoms with Gasteiger partial charge in [-0.1, -0.05) is 0 Å². The number of hydrogen-bond acceptors (Lipinski definition) is 4. The summed E-state index contributed by atoms with van der Waals surface area (Å²) in [6.07, 6.45) is 1.42. The Bertz CT molecular complexity index is 203. The second-order valence-corrected chi connectivity index (χ2v) is 3.30. The van der Waals surface area contributed by atoms with E-state index in [9.17, 15) is 0 Å². The molecule has 0 aliphatic rings. The third-order valence-electron chi connectivity index (χ3n) is 1.30. The third kappa shape index (κ3) is 13.8. The highest BCUT2D eigenvalue weighted by Gasteiger charge is 2.00. The molecule has 14 heavy (non-hydrogen) atoms. The van der Waals surface area contributed by atoms with Crippen LogP contribution in [-0.2, 0) is 4.57 Å². The fraction of sp³-hybridized carbons (Fsp3) is 0.667. The van der Waals surface area contributed by atoms with Gasteiger partial charge in [0, 0.05) is 19.3 Å². The minimum Gasteiger partial charge on any atom is -0.402 e. The maximum Gasteiger partial charge on any atom is 0.466 e. The Morgan fingerprint density at radius 2 is 1.64 bits per heavy atom. The molecule has 0 aromatic heterocycles. The summed E-state index contributed by atoms with van der Waals surface area (Å²) in [4.78, 5) is 23.5. The molecule has 0 amide bonds. The summed E-state index contributed by atoms with van der Waals surface area (Å²) >= 11 is 0. The number of nitrogens with two attached hydrogens (primary N) is 2. The second kappa shape index (κ2) is 7.64. The molecule has 0 spiro atoms. The first-order valence-corrected chi connectivity index (χ1v) is 5.53. The van der Waals surface area contributed by atoms with E-state index in [1.807, 2.05) is 18.7 Å². The van der Waals surface area contributed by atoms with Gasteiger partial charge in [0.25, 0.3) is 0 Å². The van der Waals surface area contributed by atoms with Crippen molar-refractivity contribution in [3.8, 4) is 0 Å². The molecule has 0 aliphatic carbocycles. The molecule has 0 unspecified atom stereocenters. The van der Waals surface area contributed by atoms with Gasteiger partial charge >= 0.3 is 7.82 Å². The molecule has 0 aromatic rings. The smallest absolute Gasteiger partial charge is 0.402 e. The molecule has 0 rings (SSSR count). The summed E-state index contributed by atoms with van der Waals surface area (Å²) in [5.74, 6) is 0.653. The first-order chi connectivity index (χ1) is 6.26. The van der Waals surface area contributed by atoms with Gasteiger partial charge < -0.3 is 31.0 Å². The third-order valence-corrected chi connectivity index (χ3v) is 1.30. The van der Waals surface area contributed by atoms with E-state index in [-0.39, 0.29) is 0 Å². The zero-order chi connectivity index (χ0) is 11.8. The molecule has 0 aliphatic heterocycles. The molecule has 0 saturated heterocycles. The predicted molar refractivity (Wildman–Crippen MR) is 53.6 cm³/mol. The average molecular weight is 227 g/mol. The molecule has 0 radical (unpaired) electrons. The molecule has 8 heteroatoms. The van der Waals surface area contributed by atoms with Crippen LogP contribution in [0.25, 0.3) is 0 Å². The normalized spacial score (nSPS) is 11.6. The van der Waals surface area contributed by atoms with Gasteiger partial charge in [-0.2, -0.15) is 0 Å². The zero-order valence-electron chi connectivity index (χ0n) is 8.29. The van der Waals surface area contributed by atoms with E-state index < -0.39 is 7.82 Å². The topological polar surface area (TPSA) is 133 Å². The van der Waals surface area contributed by atoms with Crippen molar-refractivity contribution in [2.24, 2.45) is 11.5 Å². The highest BCUT2D eigenvalue weighted by Crippen LogP contribution is 2.25. The van der Waals surface area contributed by atoms with Crippen LogP contribution in [0.4, 0.5) is 0 Å². The molecule has 0 atom stereocenters. The zero-order valence-corrected chi connectivity index (χ0v) is 9.19. The molecule has 0 aromatic carbocycles. The van der Waals surface area contributed by atoms with Crippen molar-refractivity contribution in [2.45, 2.75) is 13.8 Å². The Balaban J connectivity index is 0. The first kappa shape index (κ1) is 15.7. The van der Waals surface area contributed by atoms with Crippen molar-refractivity contribution < 1.29 is 19.2 Å². The molecule has 0 saturated carbocycles. The van der Waals surface area contributed by atoms with Crippen LogP contribution in [0.1, 0.15) is 13.8 Å². The van der Waals surface area contributed by atoms with Crippen molar-refractivity contribution in [3.05, 3.63) is 12.0 Å². The Labute approximate surface area is 83.3 Å². The van der Waals surface area contributed by atoms with E-state index in [1.165, 1.54) is 6.20 Å². The van der Waals surface area contributed by atoms with Crippen molar-refractivity contribution in [3.63, 3.8) is 0 Å². The Hall–Kier alpha value is -0.750. The Morgan fingerprint density at radius 3 is 1.71 bits per heavy atom. The summed E-state index contributed by atoms with van der Waals surface area (Å²) in [7, 11) is -4.64. The minimum absolute atomic E-state index is 0.653. The van der Waals surface area contributed by atoms with Gasteiger partial charge in [0.1, 0.15) is 5.82 Å². The fourth-order valence-corrected chi connectivity index (χ4v) is 0.694. The van der Waals surface area contributed by atoms with Crippen LogP contribution >= 0.6 is 7.82 Å². The highest BCUT2D eigenvalue weighted by molar-refractivity contribution is 7.45. The molecule has 0 bridgehead atoms. The van der Waals surface area contributed by atoms with Gasteiger partial charge in [-0.3, -0.25) is 0 Å². The van der Waals surface area contributed by atoms with Crippen LogP contribution in [0.2, 0.25) is 0 Å². The van der Waals surface area contributed by atoms with Crippen LogP contribution in [0, 0.1) is 0 Å². The maximum absolute atomic E-state index is 8.88. The number of phosphoric acid groups is 1. The molecule has 7 N–H and O–H groups in total. The maximum atomic E-state index is 8.88. The fourth-order valence-electron chi connectivity index (χ4n) is 0.694. The van der Waals surface area contributed by atoms with E-state index in [1.54, 1.807) is 0 Å². The lowest BCUT2D eigenvalue weighted by Crippen LogP contribution is -2.27. The predicted octanol–water partition coefficient (Wildman–Crippen LogP) is -0.884. The standard InChI is InChI=1S/C6H15N3.H3O4P/c1-3-9(4-2)6(8)5-7;1-5(2,3)4/h5H,3-4,7-8H2,1-2H3;(H3,1,2,3,4)/b6-5+;. The van der Waals surface area contributed by atoms with Crippen molar-refractivity contribution >= 4 is 7.82 Å². The summed E-state index contributed by atoms with van der Waals surface area (Å²) in [6.45, 7) is 5.91. The van der Waals surface area contributed by atoms with Crippen LogP contribution in [0.15, 0.2) is 12.0 Å². The Morgan fingerprint density at radius 1 is 1.36 bits per heavy atom. The van der Waals surface area contributed by atoms with Gasteiger partial charge in [-0.25, -0.2) is 4.57 Å². The quantitative estimate of drug-likeness (QED) is 0.395. The van der Waals surface area contributed by atoms with E-state index in [2.05, 4.69) is 0 Å². The number of nitrogens with zero attached hydrogens (tertiary/aromatic N) is 1. The van der Waals surface area contributed by atoms with E-state index in [4.69, 9.17) is 30.7 Å². The lowest BCUT2D eigenvalue weighted by atomic mass is 10.5. The lowest BCUT2D eigenvalue weighted by Gasteiger charge is -2.19. The molecule has 86 valence electrons. The molecule has 0 fully saturated rings. The summed E-state index contributed by atoms with van der Waals surface area (Å²) < 4.78 is 8.88. The van der Waals surface area contributed by atoms with E-state index in [0.717, 1.165) is 13.1 Å². The van der Waals surface area contributed by atoms with Crippen molar-refractivity contribution in [1.29, 1.82) is 0 Å². The molecular weight excluding hydrogens is 209 g/mol. The van der Waals surface area contributed by atoms with Gasteiger partial charge in [-0.05, 0) is 13.8 Å². The Kier molecular flexibility index (Phi) is 8.57. The van der Waals surface area contributed by atoms with E-state index in [0.29, 0.717) is 5.82 Å². The largest absolute Gasteiger partial charge is 0.466 e. The summed E-state index contributed by atoms with van der Waals surface area (Å²) in [5.41, 5.74) is 10.7. The van der Waals surface area contributed by atoms with Gasteiger partial charge in [0.15, 0.2) is 0 Å². The lowest BCUT2D eigenvalue weighted by molar-refractivity contribution is 0.275. The second-order valence-electron chi connectivity index (χ2n) is 2.28. The molecule has 7 nitrogen and oxygen atoms in total. The van der Waals surface area contributed by atoms with Gasteiger partial charge in [-0.15, -0.1) is 0 Å². The summed E-state index contributed by atoms with van der Waals surface area (Å²) in [6, 6.07) is 0. The molecular formula is C6H18N3O4P.